The van der Waals surface area contributed by atoms with Crippen LogP contribution in [0.4, 0.5) is 0 Å². The van der Waals surface area contributed by atoms with E-state index in [0.717, 1.165) is 69.9 Å². The molecule has 3 aromatic carbocycles. The van der Waals surface area contributed by atoms with E-state index in [0.29, 0.717) is 5.91 Å². The molecular formula is C30H32N2O2. The molecular weight excluding hydrogens is 420 g/mol. The number of hydrogen-bond acceptors (Lipinski definition) is 3. The third kappa shape index (κ3) is 4.35. The van der Waals surface area contributed by atoms with Crippen molar-refractivity contribution in [3.63, 3.8) is 0 Å². The van der Waals surface area contributed by atoms with Gasteiger partial charge in [0.15, 0.2) is 0 Å². The van der Waals surface area contributed by atoms with Crippen molar-refractivity contribution in [3.8, 4) is 11.5 Å². The summed E-state index contributed by atoms with van der Waals surface area (Å²) in [7, 11) is 0. The van der Waals surface area contributed by atoms with Gasteiger partial charge in [-0.05, 0) is 85.1 Å². The number of amides is 1. The van der Waals surface area contributed by atoms with Gasteiger partial charge in [0.05, 0.1) is 0 Å². The quantitative estimate of drug-likeness (QED) is 0.500. The Morgan fingerprint density at radius 2 is 1.59 bits per heavy atom. The Morgan fingerprint density at radius 1 is 0.853 bits per heavy atom. The van der Waals surface area contributed by atoms with Gasteiger partial charge in [0.2, 0.25) is 5.91 Å². The first-order valence-electron chi connectivity index (χ1n) is 12.6. The number of nitrogens with zero attached hydrogens (tertiary/aromatic N) is 2. The Morgan fingerprint density at radius 3 is 2.41 bits per heavy atom. The molecule has 2 heterocycles. The Hall–Kier alpha value is -3.11. The van der Waals surface area contributed by atoms with Crippen molar-refractivity contribution >= 4 is 5.91 Å². The number of likely N-dealkylation sites (tertiary alicyclic amines) is 1. The Bertz CT molecular complexity index is 1170. The number of ether oxygens (including phenoxy) is 1. The van der Waals surface area contributed by atoms with Crippen LogP contribution in [0.15, 0.2) is 78.9 Å². The number of carbonyl (C=O) groups excluding carboxylic acids is 1. The summed E-state index contributed by atoms with van der Waals surface area (Å²) >= 11 is 0. The molecule has 1 saturated carbocycles. The van der Waals surface area contributed by atoms with Crippen LogP contribution in [0.2, 0.25) is 0 Å². The zero-order chi connectivity index (χ0) is 23.0. The molecule has 4 heteroatoms. The normalized spacial score (nSPS) is 21.2. The van der Waals surface area contributed by atoms with Gasteiger partial charge in [-0.2, -0.15) is 0 Å². The third-order valence-corrected chi connectivity index (χ3v) is 8.07. The van der Waals surface area contributed by atoms with Crippen LogP contribution in [0.5, 0.6) is 11.5 Å². The van der Waals surface area contributed by atoms with E-state index in [4.69, 9.17) is 4.74 Å². The molecule has 0 bridgehead atoms. The average Bonchev–Trinajstić information content (AvgIpc) is 3.59. The van der Waals surface area contributed by atoms with E-state index in [1.807, 2.05) is 36.4 Å². The first kappa shape index (κ1) is 21.4. The smallest absolute Gasteiger partial charge is 0.226 e. The SMILES string of the molecule is O=C([C@@H]1CC12CCN(Cc1cccc(Oc3ccccc3)c1)CC2)N1CCc2ccccc2C1. The second-order valence-corrected chi connectivity index (χ2v) is 10.2. The van der Waals surface area contributed by atoms with Crippen molar-refractivity contribution in [2.45, 2.75) is 38.8 Å². The number of carbonyl (C=O) groups is 1. The molecule has 0 unspecified atom stereocenters. The summed E-state index contributed by atoms with van der Waals surface area (Å²) in [5.41, 5.74) is 4.26. The number of para-hydroxylation sites is 1. The molecule has 1 aliphatic carbocycles. The van der Waals surface area contributed by atoms with Gasteiger partial charge in [-0.15, -0.1) is 0 Å². The second-order valence-electron chi connectivity index (χ2n) is 10.2. The molecule has 2 aliphatic heterocycles. The summed E-state index contributed by atoms with van der Waals surface area (Å²) in [6.07, 6.45) is 4.34. The fourth-order valence-corrected chi connectivity index (χ4v) is 5.90. The predicted octanol–water partition coefficient (Wildman–Crippen LogP) is 5.67. The summed E-state index contributed by atoms with van der Waals surface area (Å²) < 4.78 is 6.01. The minimum atomic E-state index is 0.238. The van der Waals surface area contributed by atoms with Gasteiger partial charge in [-0.1, -0.05) is 54.6 Å². The van der Waals surface area contributed by atoms with E-state index < -0.39 is 0 Å². The molecule has 0 N–H and O–H groups in total. The molecule has 0 aromatic heterocycles. The zero-order valence-electron chi connectivity index (χ0n) is 19.7. The van der Waals surface area contributed by atoms with E-state index >= 15 is 0 Å². The minimum Gasteiger partial charge on any atom is -0.457 e. The van der Waals surface area contributed by atoms with Crippen LogP contribution in [-0.2, 0) is 24.3 Å². The fourth-order valence-electron chi connectivity index (χ4n) is 5.90. The lowest BCUT2D eigenvalue weighted by atomic mass is 9.90. The van der Waals surface area contributed by atoms with Crippen molar-refractivity contribution in [1.29, 1.82) is 0 Å². The Kier molecular flexibility index (Phi) is 5.62. The highest BCUT2D eigenvalue weighted by Crippen LogP contribution is 2.60. The van der Waals surface area contributed by atoms with Crippen LogP contribution in [-0.4, -0.2) is 35.3 Å². The molecule has 3 aromatic rings. The molecule has 0 radical (unpaired) electrons. The van der Waals surface area contributed by atoms with Gasteiger partial charge in [-0.25, -0.2) is 0 Å². The zero-order valence-corrected chi connectivity index (χ0v) is 19.7. The van der Waals surface area contributed by atoms with E-state index in [-0.39, 0.29) is 11.3 Å². The maximum atomic E-state index is 13.3. The monoisotopic (exact) mass is 452 g/mol. The fraction of sp³-hybridized carbons (Fsp3) is 0.367. The molecule has 1 atom stereocenters. The van der Waals surface area contributed by atoms with Crippen LogP contribution in [0.25, 0.3) is 0 Å². The number of fused-ring (bicyclic) bond motifs is 1. The van der Waals surface area contributed by atoms with Gasteiger partial charge in [-0.3, -0.25) is 9.69 Å². The molecule has 34 heavy (non-hydrogen) atoms. The largest absolute Gasteiger partial charge is 0.457 e. The molecule has 1 saturated heterocycles. The van der Waals surface area contributed by atoms with Gasteiger partial charge >= 0.3 is 0 Å². The topological polar surface area (TPSA) is 32.8 Å². The second kappa shape index (κ2) is 8.92. The molecule has 174 valence electrons. The summed E-state index contributed by atoms with van der Waals surface area (Å²) in [6, 6.07) is 26.9. The van der Waals surface area contributed by atoms with Crippen molar-refractivity contribution in [1.82, 2.24) is 9.80 Å². The highest BCUT2D eigenvalue weighted by molar-refractivity contribution is 5.83. The summed E-state index contributed by atoms with van der Waals surface area (Å²) in [4.78, 5) is 18.0. The van der Waals surface area contributed by atoms with Crippen LogP contribution in [0, 0.1) is 11.3 Å². The number of piperidine rings is 1. The highest BCUT2D eigenvalue weighted by atomic mass is 16.5. The van der Waals surface area contributed by atoms with Crippen molar-refractivity contribution in [2.75, 3.05) is 19.6 Å². The van der Waals surface area contributed by atoms with Crippen molar-refractivity contribution in [3.05, 3.63) is 95.6 Å². The molecule has 6 rings (SSSR count). The summed E-state index contributed by atoms with van der Waals surface area (Å²) in [5, 5.41) is 0. The first-order chi connectivity index (χ1) is 16.7. The highest BCUT2D eigenvalue weighted by Gasteiger charge is 2.59. The number of hydrogen-bond donors (Lipinski definition) is 0. The van der Waals surface area contributed by atoms with Crippen molar-refractivity contribution in [2.24, 2.45) is 11.3 Å². The third-order valence-electron chi connectivity index (χ3n) is 8.07. The van der Waals surface area contributed by atoms with Gasteiger partial charge in [0, 0.05) is 25.6 Å². The Balaban J connectivity index is 1.02. The molecule has 2 fully saturated rings. The predicted molar refractivity (Wildman–Crippen MR) is 134 cm³/mol. The number of benzene rings is 3. The lowest BCUT2D eigenvalue weighted by Crippen LogP contribution is -2.40. The van der Waals surface area contributed by atoms with Gasteiger partial charge in [0.25, 0.3) is 0 Å². The van der Waals surface area contributed by atoms with Crippen LogP contribution in [0.1, 0.15) is 36.0 Å². The molecule has 1 spiro atoms. The van der Waals surface area contributed by atoms with E-state index in [9.17, 15) is 4.79 Å². The lowest BCUT2D eigenvalue weighted by molar-refractivity contribution is -0.134. The van der Waals surface area contributed by atoms with E-state index in [1.165, 1.54) is 16.7 Å². The van der Waals surface area contributed by atoms with Crippen LogP contribution < -0.4 is 4.74 Å². The van der Waals surface area contributed by atoms with E-state index in [1.54, 1.807) is 0 Å². The average molecular weight is 453 g/mol. The summed E-state index contributed by atoms with van der Waals surface area (Å²) in [5.74, 6) is 2.38. The first-order valence-corrected chi connectivity index (χ1v) is 12.6. The Labute approximate surface area is 202 Å². The van der Waals surface area contributed by atoms with Crippen LogP contribution in [0.3, 0.4) is 0 Å². The van der Waals surface area contributed by atoms with Crippen LogP contribution >= 0.6 is 0 Å². The lowest BCUT2D eigenvalue weighted by Gasteiger charge is -2.34. The molecule has 1 amide bonds. The molecule has 4 nitrogen and oxygen atoms in total. The van der Waals surface area contributed by atoms with E-state index in [2.05, 4.69) is 52.3 Å². The van der Waals surface area contributed by atoms with Crippen molar-refractivity contribution < 1.29 is 9.53 Å². The number of rotatable bonds is 5. The summed E-state index contributed by atoms with van der Waals surface area (Å²) in [6.45, 7) is 4.72. The maximum Gasteiger partial charge on any atom is 0.226 e. The maximum absolute atomic E-state index is 13.3. The van der Waals surface area contributed by atoms with Gasteiger partial charge < -0.3 is 9.64 Å². The van der Waals surface area contributed by atoms with Gasteiger partial charge in [0.1, 0.15) is 11.5 Å². The minimum absolute atomic E-state index is 0.238. The standard InChI is InChI=1S/C30H32N2O2/c33-29(32-16-13-24-8-4-5-9-25(24)22-32)28-20-30(28)14-17-31(18-15-30)21-23-7-6-12-27(19-23)34-26-10-2-1-3-11-26/h1-12,19,28H,13-18,20-22H2/t28-/m0/s1. The molecule has 3 aliphatic rings.